The van der Waals surface area contributed by atoms with Crippen molar-refractivity contribution in [3.05, 3.63) is 41.7 Å². The standard InChI is InChI=1S/C14H16FNO4/c1-20-8-7-16(10-14(18)19)13(17)6-5-11-3-2-4-12(15)9-11/h2-6,9H,7-8,10H2,1H3,(H,18,19). The summed E-state index contributed by atoms with van der Waals surface area (Å²) in [6.07, 6.45) is 2.65. The van der Waals surface area contributed by atoms with Crippen molar-refractivity contribution in [2.24, 2.45) is 0 Å². The van der Waals surface area contributed by atoms with E-state index in [2.05, 4.69) is 0 Å². The van der Waals surface area contributed by atoms with Gasteiger partial charge < -0.3 is 14.7 Å². The molecule has 6 heteroatoms. The molecule has 0 saturated carbocycles. The molecule has 5 nitrogen and oxygen atoms in total. The molecule has 1 aromatic rings. The molecular weight excluding hydrogens is 265 g/mol. The molecule has 0 atom stereocenters. The lowest BCUT2D eigenvalue weighted by Crippen LogP contribution is -2.36. The Morgan fingerprint density at radius 3 is 2.80 bits per heavy atom. The van der Waals surface area contributed by atoms with Crippen LogP contribution in [-0.4, -0.2) is 48.7 Å². The van der Waals surface area contributed by atoms with Crippen molar-refractivity contribution in [2.45, 2.75) is 0 Å². The SMILES string of the molecule is COCCN(CC(=O)O)C(=O)C=Cc1cccc(F)c1. The summed E-state index contributed by atoms with van der Waals surface area (Å²) in [6, 6.07) is 5.75. The first-order valence-corrected chi connectivity index (χ1v) is 5.96. The van der Waals surface area contributed by atoms with Gasteiger partial charge in [0.15, 0.2) is 0 Å². The molecule has 0 spiro atoms. The van der Waals surface area contributed by atoms with Crippen LogP contribution in [0.25, 0.3) is 6.08 Å². The highest BCUT2D eigenvalue weighted by atomic mass is 19.1. The second-order valence-electron chi connectivity index (χ2n) is 4.03. The van der Waals surface area contributed by atoms with Crippen LogP contribution in [0.4, 0.5) is 4.39 Å². The van der Waals surface area contributed by atoms with Gasteiger partial charge in [-0.2, -0.15) is 0 Å². The smallest absolute Gasteiger partial charge is 0.323 e. The van der Waals surface area contributed by atoms with Crippen LogP contribution < -0.4 is 0 Å². The van der Waals surface area contributed by atoms with Gasteiger partial charge in [0, 0.05) is 19.7 Å². The molecule has 0 heterocycles. The third-order valence-electron chi connectivity index (χ3n) is 2.47. The van der Waals surface area contributed by atoms with Gasteiger partial charge in [-0.15, -0.1) is 0 Å². The largest absolute Gasteiger partial charge is 0.480 e. The lowest BCUT2D eigenvalue weighted by atomic mass is 10.2. The topological polar surface area (TPSA) is 66.8 Å². The third-order valence-corrected chi connectivity index (χ3v) is 2.47. The van der Waals surface area contributed by atoms with Crippen LogP contribution in [0.15, 0.2) is 30.3 Å². The van der Waals surface area contributed by atoms with Gasteiger partial charge >= 0.3 is 5.97 Å². The van der Waals surface area contributed by atoms with Crippen LogP contribution >= 0.6 is 0 Å². The molecule has 0 saturated heterocycles. The number of carbonyl (C=O) groups is 2. The Balaban J connectivity index is 2.71. The van der Waals surface area contributed by atoms with Crippen LogP contribution in [0, 0.1) is 5.82 Å². The number of nitrogens with zero attached hydrogens (tertiary/aromatic N) is 1. The summed E-state index contributed by atoms with van der Waals surface area (Å²) in [7, 11) is 1.46. The average Bonchev–Trinajstić information content (AvgIpc) is 2.40. The average molecular weight is 281 g/mol. The second-order valence-corrected chi connectivity index (χ2v) is 4.03. The van der Waals surface area contributed by atoms with Crippen molar-refractivity contribution in [2.75, 3.05) is 26.8 Å². The number of halogens is 1. The maximum atomic E-state index is 13.0. The molecule has 0 bridgehead atoms. The quantitative estimate of drug-likeness (QED) is 0.767. The summed E-state index contributed by atoms with van der Waals surface area (Å²) in [6.45, 7) is 0.0115. The predicted molar refractivity (Wildman–Crippen MR) is 71.5 cm³/mol. The number of carbonyl (C=O) groups excluding carboxylic acids is 1. The second kappa shape index (κ2) is 8.06. The fourth-order valence-corrected chi connectivity index (χ4v) is 1.52. The van der Waals surface area contributed by atoms with Gasteiger partial charge in [-0.05, 0) is 23.8 Å². The van der Waals surface area contributed by atoms with E-state index < -0.39 is 24.2 Å². The van der Waals surface area contributed by atoms with Crippen molar-refractivity contribution in [1.29, 1.82) is 0 Å². The number of rotatable bonds is 7. The van der Waals surface area contributed by atoms with Crippen LogP contribution in [0.3, 0.4) is 0 Å². The first-order chi connectivity index (χ1) is 9.52. The fraction of sp³-hybridized carbons (Fsp3) is 0.286. The van der Waals surface area contributed by atoms with Crippen molar-refractivity contribution < 1.29 is 23.8 Å². The van der Waals surface area contributed by atoms with E-state index in [0.717, 1.165) is 4.90 Å². The van der Waals surface area contributed by atoms with E-state index in [-0.39, 0.29) is 13.2 Å². The molecule has 0 aliphatic heterocycles. The van der Waals surface area contributed by atoms with Crippen molar-refractivity contribution >= 4 is 18.0 Å². The summed E-state index contributed by atoms with van der Waals surface area (Å²) in [5, 5.41) is 8.75. The number of hydrogen-bond donors (Lipinski definition) is 1. The number of methoxy groups -OCH3 is 1. The number of benzene rings is 1. The summed E-state index contributed by atoms with van der Waals surface area (Å²) in [5.41, 5.74) is 0.528. The minimum atomic E-state index is -1.10. The molecule has 0 aromatic heterocycles. The first-order valence-electron chi connectivity index (χ1n) is 5.96. The number of carboxylic acid groups (broad SMARTS) is 1. The van der Waals surface area contributed by atoms with Gasteiger partial charge in [0.25, 0.3) is 0 Å². The molecular formula is C14H16FNO4. The Kier molecular flexibility index (Phi) is 6.39. The van der Waals surface area contributed by atoms with Gasteiger partial charge in [-0.25, -0.2) is 4.39 Å². The Labute approximate surface area is 116 Å². The monoisotopic (exact) mass is 281 g/mol. The van der Waals surface area contributed by atoms with E-state index in [1.54, 1.807) is 6.07 Å². The van der Waals surface area contributed by atoms with E-state index in [0.29, 0.717) is 5.56 Å². The maximum absolute atomic E-state index is 13.0. The van der Waals surface area contributed by atoms with Crippen molar-refractivity contribution in [1.82, 2.24) is 4.90 Å². The minimum Gasteiger partial charge on any atom is -0.480 e. The van der Waals surface area contributed by atoms with Crippen LogP contribution in [0.5, 0.6) is 0 Å². The lowest BCUT2D eigenvalue weighted by molar-refractivity contribution is -0.143. The van der Waals surface area contributed by atoms with Crippen LogP contribution in [0.2, 0.25) is 0 Å². The lowest BCUT2D eigenvalue weighted by Gasteiger charge is -2.18. The molecule has 1 amide bonds. The summed E-state index contributed by atoms with van der Waals surface area (Å²) < 4.78 is 17.8. The van der Waals surface area contributed by atoms with Gasteiger partial charge in [-0.1, -0.05) is 12.1 Å². The Morgan fingerprint density at radius 1 is 1.45 bits per heavy atom. The number of hydrogen-bond acceptors (Lipinski definition) is 3. The molecule has 1 aromatic carbocycles. The molecule has 0 fully saturated rings. The van der Waals surface area contributed by atoms with Gasteiger partial charge in [0.1, 0.15) is 12.4 Å². The minimum absolute atomic E-state index is 0.176. The molecule has 0 aliphatic rings. The Morgan fingerprint density at radius 2 is 2.20 bits per heavy atom. The van der Waals surface area contributed by atoms with Gasteiger partial charge in [0.05, 0.1) is 6.61 Å². The molecule has 0 aliphatic carbocycles. The van der Waals surface area contributed by atoms with Crippen LogP contribution in [-0.2, 0) is 14.3 Å². The van der Waals surface area contributed by atoms with E-state index in [1.165, 1.54) is 37.5 Å². The van der Waals surface area contributed by atoms with Crippen molar-refractivity contribution in [3.8, 4) is 0 Å². The Bertz CT molecular complexity index is 502. The van der Waals surface area contributed by atoms with E-state index in [9.17, 15) is 14.0 Å². The Hall–Kier alpha value is -2.21. The molecule has 1 rings (SSSR count). The molecule has 1 N–H and O–H groups in total. The normalized spacial score (nSPS) is 10.7. The zero-order chi connectivity index (χ0) is 15.0. The van der Waals surface area contributed by atoms with Crippen LogP contribution in [0.1, 0.15) is 5.56 Å². The molecule has 0 radical (unpaired) electrons. The van der Waals surface area contributed by atoms with E-state index in [4.69, 9.17) is 9.84 Å². The molecule has 0 unspecified atom stereocenters. The van der Waals surface area contributed by atoms with Crippen molar-refractivity contribution in [3.63, 3.8) is 0 Å². The maximum Gasteiger partial charge on any atom is 0.323 e. The van der Waals surface area contributed by atoms with Gasteiger partial charge in [-0.3, -0.25) is 9.59 Å². The number of aliphatic carboxylic acids is 1. The zero-order valence-corrected chi connectivity index (χ0v) is 11.1. The molecule has 108 valence electrons. The van der Waals surface area contributed by atoms with E-state index in [1.807, 2.05) is 0 Å². The van der Waals surface area contributed by atoms with Gasteiger partial charge in [0.2, 0.25) is 5.91 Å². The molecule has 20 heavy (non-hydrogen) atoms. The number of amides is 1. The summed E-state index contributed by atoms with van der Waals surface area (Å²) >= 11 is 0. The first kappa shape index (κ1) is 15.8. The predicted octanol–water partition coefficient (Wildman–Crippen LogP) is 1.40. The summed E-state index contributed by atoms with van der Waals surface area (Å²) in [5.74, 6) is -1.97. The van der Waals surface area contributed by atoms with E-state index >= 15 is 0 Å². The highest BCUT2D eigenvalue weighted by Gasteiger charge is 2.13. The highest BCUT2D eigenvalue weighted by molar-refractivity contribution is 5.93. The third kappa shape index (κ3) is 5.62. The number of ether oxygens (including phenoxy) is 1. The highest BCUT2D eigenvalue weighted by Crippen LogP contribution is 2.06. The fourth-order valence-electron chi connectivity index (χ4n) is 1.52. The summed E-state index contributed by atoms with van der Waals surface area (Å²) in [4.78, 5) is 23.7. The number of carboxylic acids is 1. The zero-order valence-electron chi connectivity index (χ0n) is 11.1.